The van der Waals surface area contributed by atoms with Crippen LogP contribution < -0.4 is 0 Å². The number of hydrogen-bond donors (Lipinski definition) is 1. The van der Waals surface area contributed by atoms with E-state index in [1.807, 2.05) is 31.7 Å². The minimum absolute atomic E-state index is 0.162. The summed E-state index contributed by atoms with van der Waals surface area (Å²) in [6.45, 7) is 3.82. The lowest BCUT2D eigenvalue weighted by Gasteiger charge is -2.19. The number of aliphatic hydroxyl groups excluding tert-OH is 1. The third-order valence-corrected chi connectivity index (χ3v) is 4.57. The molecule has 1 N–H and O–H groups in total. The fourth-order valence-electron chi connectivity index (χ4n) is 2.00. The van der Waals surface area contributed by atoms with Crippen LogP contribution in [0.15, 0.2) is 22.2 Å². The molecule has 108 valence electrons. The van der Waals surface area contributed by atoms with Gasteiger partial charge >= 0.3 is 0 Å². The number of aryl methyl sites for hydroxylation is 1. The SMILES string of the molecule is CSc1nc(Br)c([C@H](O)[C@@H](C)c2cnc(C)cn2)n1C. The zero-order valence-electron chi connectivity index (χ0n) is 11.8. The summed E-state index contributed by atoms with van der Waals surface area (Å²) < 4.78 is 2.57. The van der Waals surface area contributed by atoms with Gasteiger partial charge in [0, 0.05) is 25.4 Å². The van der Waals surface area contributed by atoms with Gasteiger partial charge in [0.25, 0.3) is 0 Å². The minimum Gasteiger partial charge on any atom is -0.386 e. The molecule has 2 atom stereocenters. The molecule has 2 heterocycles. The molecule has 2 rings (SSSR count). The summed E-state index contributed by atoms with van der Waals surface area (Å²) in [4.78, 5) is 13.0. The van der Waals surface area contributed by atoms with Crippen molar-refractivity contribution in [2.45, 2.75) is 31.0 Å². The number of nitrogens with zero attached hydrogens (tertiary/aromatic N) is 4. The Bertz CT molecular complexity index is 599. The monoisotopic (exact) mass is 356 g/mol. The Morgan fingerprint density at radius 1 is 1.35 bits per heavy atom. The number of aromatic nitrogens is 4. The summed E-state index contributed by atoms with van der Waals surface area (Å²) in [6.07, 6.45) is 4.69. The average molecular weight is 357 g/mol. The van der Waals surface area contributed by atoms with Crippen LogP contribution in [0.1, 0.15) is 36.0 Å². The molecule has 2 aromatic rings. The van der Waals surface area contributed by atoms with Gasteiger partial charge in [-0.15, -0.1) is 0 Å². The molecule has 0 aliphatic heterocycles. The zero-order valence-corrected chi connectivity index (χ0v) is 14.2. The van der Waals surface area contributed by atoms with Gasteiger partial charge in [-0.05, 0) is 29.1 Å². The zero-order chi connectivity index (χ0) is 14.9. The first-order valence-electron chi connectivity index (χ1n) is 6.18. The van der Waals surface area contributed by atoms with Crippen LogP contribution in [0.25, 0.3) is 0 Å². The smallest absolute Gasteiger partial charge is 0.168 e. The van der Waals surface area contributed by atoms with Crippen molar-refractivity contribution in [3.8, 4) is 0 Å². The summed E-state index contributed by atoms with van der Waals surface area (Å²) in [5.41, 5.74) is 2.38. The largest absolute Gasteiger partial charge is 0.386 e. The predicted octanol–water partition coefficient (Wildman–Crippen LogP) is 2.84. The molecule has 0 aromatic carbocycles. The highest BCUT2D eigenvalue weighted by atomic mass is 79.9. The normalized spacial score (nSPS) is 14.3. The Balaban J connectivity index is 2.33. The Labute approximate surface area is 131 Å². The lowest BCUT2D eigenvalue weighted by atomic mass is 9.99. The lowest BCUT2D eigenvalue weighted by Crippen LogP contribution is -2.14. The maximum Gasteiger partial charge on any atom is 0.168 e. The number of rotatable bonds is 4. The van der Waals surface area contributed by atoms with Gasteiger partial charge in [0.1, 0.15) is 10.7 Å². The van der Waals surface area contributed by atoms with Gasteiger partial charge in [-0.3, -0.25) is 9.97 Å². The third kappa shape index (κ3) is 2.89. The quantitative estimate of drug-likeness (QED) is 0.853. The van der Waals surface area contributed by atoms with Crippen LogP contribution in [0, 0.1) is 6.92 Å². The number of aliphatic hydroxyl groups is 1. The van der Waals surface area contributed by atoms with E-state index in [9.17, 15) is 5.11 Å². The molecular weight excluding hydrogens is 340 g/mol. The Morgan fingerprint density at radius 2 is 2.05 bits per heavy atom. The minimum atomic E-state index is -0.695. The van der Waals surface area contributed by atoms with E-state index in [0.717, 1.165) is 22.2 Å². The van der Waals surface area contributed by atoms with Crippen LogP contribution in [0.3, 0.4) is 0 Å². The molecule has 0 aliphatic rings. The average Bonchev–Trinajstić information content (AvgIpc) is 2.72. The van der Waals surface area contributed by atoms with Gasteiger partial charge < -0.3 is 9.67 Å². The van der Waals surface area contributed by atoms with Crippen molar-refractivity contribution in [3.05, 3.63) is 34.1 Å². The first kappa shape index (κ1) is 15.5. The second kappa shape index (κ2) is 6.24. The summed E-state index contributed by atoms with van der Waals surface area (Å²) in [5.74, 6) is -0.162. The standard InChI is InChI=1S/C13H17BrN4OS/c1-7-5-16-9(6-15-7)8(2)11(19)10-12(14)17-13(20-4)18(10)3/h5-6,8,11,19H,1-4H3/t8-,11+/m0/s1. The molecule has 0 bridgehead atoms. The van der Waals surface area contributed by atoms with E-state index in [1.165, 1.54) is 0 Å². The molecule has 0 fully saturated rings. The molecule has 0 saturated carbocycles. The number of imidazole rings is 1. The molecule has 2 aromatic heterocycles. The molecule has 0 radical (unpaired) electrons. The third-order valence-electron chi connectivity index (χ3n) is 3.26. The molecule has 0 unspecified atom stereocenters. The van der Waals surface area contributed by atoms with E-state index >= 15 is 0 Å². The van der Waals surface area contributed by atoms with Crippen molar-refractivity contribution in [1.29, 1.82) is 0 Å². The number of thioether (sulfide) groups is 1. The highest BCUT2D eigenvalue weighted by Gasteiger charge is 2.26. The van der Waals surface area contributed by atoms with E-state index < -0.39 is 6.10 Å². The van der Waals surface area contributed by atoms with Gasteiger partial charge in [0.05, 0.1) is 17.1 Å². The molecule has 0 aliphatic carbocycles. The summed E-state index contributed by atoms with van der Waals surface area (Å²) in [6, 6.07) is 0. The van der Waals surface area contributed by atoms with Crippen LogP contribution in [-0.2, 0) is 7.05 Å². The predicted molar refractivity (Wildman–Crippen MR) is 82.8 cm³/mol. The molecule has 7 heteroatoms. The van der Waals surface area contributed by atoms with Crippen molar-refractivity contribution in [2.24, 2.45) is 7.05 Å². The fourth-order valence-corrected chi connectivity index (χ4v) is 3.34. The maximum atomic E-state index is 10.6. The van der Waals surface area contributed by atoms with E-state index in [-0.39, 0.29) is 5.92 Å². The second-order valence-electron chi connectivity index (χ2n) is 4.65. The van der Waals surface area contributed by atoms with Crippen LogP contribution in [0.4, 0.5) is 0 Å². The van der Waals surface area contributed by atoms with Crippen LogP contribution in [-0.4, -0.2) is 30.9 Å². The van der Waals surface area contributed by atoms with E-state index in [4.69, 9.17) is 0 Å². The number of hydrogen-bond acceptors (Lipinski definition) is 5. The topological polar surface area (TPSA) is 63.8 Å². The van der Waals surface area contributed by atoms with Crippen LogP contribution in [0.5, 0.6) is 0 Å². The van der Waals surface area contributed by atoms with Crippen molar-refractivity contribution in [3.63, 3.8) is 0 Å². The lowest BCUT2D eigenvalue weighted by molar-refractivity contribution is 0.140. The number of halogens is 1. The van der Waals surface area contributed by atoms with Gasteiger partial charge in [-0.25, -0.2) is 4.98 Å². The fraction of sp³-hybridized carbons (Fsp3) is 0.462. The Morgan fingerprint density at radius 3 is 2.55 bits per heavy atom. The Hall–Kier alpha value is -0.920. The Kier molecular flexibility index (Phi) is 4.82. The summed E-state index contributed by atoms with van der Waals surface area (Å²) in [5, 5.41) is 11.5. The summed E-state index contributed by atoms with van der Waals surface area (Å²) >= 11 is 4.96. The maximum absolute atomic E-state index is 10.6. The molecule has 5 nitrogen and oxygen atoms in total. The molecular formula is C13H17BrN4OS. The first-order valence-corrected chi connectivity index (χ1v) is 8.20. The van der Waals surface area contributed by atoms with E-state index in [0.29, 0.717) is 4.60 Å². The van der Waals surface area contributed by atoms with Gasteiger partial charge in [-0.1, -0.05) is 18.7 Å². The van der Waals surface area contributed by atoms with Gasteiger partial charge in [-0.2, -0.15) is 0 Å². The molecule has 0 saturated heterocycles. The van der Waals surface area contributed by atoms with E-state index in [1.54, 1.807) is 24.2 Å². The van der Waals surface area contributed by atoms with E-state index in [2.05, 4.69) is 30.9 Å². The van der Waals surface area contributed by atoms with Gasteiger partial charge in [0.2, 0.25) is 0 Å². The molecule has 0 spiro atoms. The summed E-state index contributed by atoms with van der Waals surface area (Å²) in [7, 11) is 1.90. The highest BCUT2D eigenvalue weighted by molar-refractivity contribution is 9.10. The van der Waals surface area contributed by atoms with Crippen molar-refractivity contribution in [1.82, 2.24) is 19.5 Å². The first-order chi connectivity index (χ1) is 9.45. The van der Waals surface area contributed by atoms with Crippen molar-refractivity contribution < 1.29 is 5.11 Å². The molecule has 20 heavy (non-hydrogen) atoms. The van der Waals surface area contributed by atoms with Crippen LogP contribution in [0.2, 0.25) is 0 Å². The van der Waals surface area contributed by atoms with Gasteiger partial charge in [0.15, 0.2) is 5.16 Å². The second-order valence-corrected chi connectivity index (χ2v) is 6.17. The van der Waals surface area contributed by atoms with Crippen molar-refractivity contribution in [2.75, 3.05) is 6.26 Å². The highest BCUT2D eigenvalue weighted by Crippen LogP contribution is 2.35. The van der Waals surface area contributed by atoms with Crippen LogP contribution >= 0.6 is 27.7 Å². The van der Waals surface area contributed by atoms with Crippen molar-refractivity contribution >= 4 is 27.7 Å². The molecule has 0 amide bonds.